The number of aliphatic hydroxyl groups excluding tert-OH is 1. The van der Waals surface area contributed by atoms with Crippen molar-refractivity contribution in [3.63, 3.8) is 0 Å². The Morgan fingerprint density at radius 3 is 2.59 bits per heavy atom. The van der Waals surface area contributed by atoms with E-state index in [2.05, 4.69) is 10.5 Å². The summed E-state index contributed by atoms with van der Waals surface area (Å²) in [6.07, 6.45) is -1.03. The molecule has 9 heteroatoms. The summed E-state index contributed by atoms with van der Waals surface area (Å²) in [5.74, 6) is -0.585. The third-order valence-corrected chi connectivity index (χ3v) is 4.48. The number of anilines is 1. The minimum Gasteiger partial charge on any atom is -0.387 e. The Bertz CT molecular complexity index is 791. The van der Waals surface area contributed by atoms with Crippen LogP contribution in [0.25, 0.3) is 0 Å². The van der Waals surface area contributed by atoms with Gasteiger partial charge in [-0.25, -0.2) is 8.78 Å². The smallest absolute Gasteiger partial charge is 0.239 e. The van der Waals surface area contributed by atoms with Gasteiger partial charge in [0.05, 0.1) is 12.6 Å². The number of hydrogen-bond donors (Lipinski definition) is 2. The molecule has 1 saturated heterocycles. The van der Waals surface area contributed by atoms with Gasteiger partial charge in [-0.2, -0.15) is 0 Å². The molecule has 1 atom stereocenters. The van der Waals surface area contributed by atoms with Crippen LogP contribution in [-0.2, 0) is 4.79 Å². The molecule has 146 valence electrons. The lowest BCUT2D eigenvalue weighted by Gasteiger charge is -2.35. The summed E-state index contributed by atoms with van der Waals surface area (Å²) >= 11 is 0. The van der Waals surface area contributed by atoms with E-state index in [1.807, 2.05) is 9.80 Å². The Kier molecular flexibility index (Phi) is 6.15. The van der Waals surface area contributed by atoms with Gasteiger partial charge in [0.25, 0.3) is 0 Å². The molecule has 1 aliphatic heterocycles. The first-order valence-corrected chi connectivity index (χ1v) is 8.71. The molecule has 1 fully saturated rings. The van der Waals surface area contributed by atoms with Crippen LogP contribution in [0.4, 0.5) is 14.6 Å². The molecular weight excluding hydrogens is 358 g/mol. The van der Waals surface area contributed by atoms with Crippen molar-refractivity contribution in [2.75, 3.05) is 44.6 Å². The van der Waals surface area contributed by atoms with E-state index in [4.69, 9.17) is 4.52 Å². The van der Waals surface area contributed by atoms with Crippen molar-refractivity contribution in [1.82, 2.24) is 15.0 Å². The van der Waals surface area contributed by atoms with E-state index >= 15 is 0 Å². The third-order valence-electron chi connectivity index (χ3n) is 4.48. The molecule has 2 N–H and O–H groups in total. The highest BCUT2D eigenvalue weighted by Gasteiger charge is 2.23. The molecule has 2 heterocycles. The summed E-state index contributed by atoms with van der Waals surface area (Å²) in [7, 11) is 0. The summed E-state index contributed by atoms with van der Waals surface area (Å²) < 4.78 is 31.6. The highest BCUT2D eigenvalue weighted by molar-refractivity contribution is 5.91. The second-order valence-electron chi connectivity index (χ2n) is 6.63. The van der Waals surface area contributed by atoms with Gasteiger partial charge in [0.15, 0.2) is 5.82 Å². The van der Waals surface area contributed by atoms with E-state index in [1.54, 1.807) is 13.0 Å². The summed E-state index contributed by atoms with van der Waals surface area (Å²) in [4.78, 5) is 16.0. The van der Waals surface area contributed by atoms with Crippen LogP contribution in [0.15, 0.2) is 28.8 Å². The van der Waals surface area contributed by atoms with Gasteiger partial charge in [0, 0.05) is 50.4 Å². The third kappa shape index (κ3) is 5.31. The highest BCUT2D eigenvalue weighted by atomic mass is 19.1. The average Bonchev–Trinajstić information content (AvgIpc) is 3.01. The second kappa shape index (κ2) is 8.55. The van der Waals surface area contributed by atoms with Crippen molar-refractivity contribution < 1.29 is 23.2 Å². The fourth-order valence-electron chi connectivity index (χ4n) is 3.06. The molecule has 3 rings (SSSR count). The molecule has 0 spiro atoms. The maximum Gasteiger partial charge on any atom is 0.239 e. The molecule has 1 aromatic heterocycles. The van der Waals surface area contributed by atoms with Crippen molar-refractivity contribution in [1.29, 1.82) is 0 Å². The zero-order valence-corrected chi connectivity index (χ0v) is 15.0. The summed E-state index contributed by atoms with van der Waals surface area (Å²) in [5, 5.41) is 16.6. The van der Waals surface area contributed by atoms with E-state index in [1.165, 1.54) is 6.07 Å². The summed E-state index contributed by atoms with van der Waals surface area (Å²) in [5.41, 5.74) is 0.0844. The first-order valence-electron chi connectivity index (χ1n) is 8.71. The van der Waals surface area contributed by atoms with Crippen LogP contribution in [0.1, 0.15) is 17.4 Å². The van der Waals surface area contributed by atoms with Gasteiger partial charge in [0.2, 0.25) is 5.91 Å². The maximum atomic E-state index is 13.8. The molecule has 7 nitrogen and oxygen atoms in total. The molecule has 0 aliphatic carbocycles. The number of halogens is 2. The van der Waals surface area contributed by atoms with Crippen LogP contribution in [0.5, 0.6) is 0 Å². The number of nitrogens with one attached hydrogen (secondary N) is 1. The minimum atomic E-state index is -1.03. The standard InChI is InChI=1S/C18H22F2N4O3/c1-12-8-17(22-27-12)21-18(26)11-24-6-4-23(5-7-24)10-16(25)14-3-2-13(19)9-15(14)20/h2-3,8-9,16,25H,4-7,10-11H2,1H3,(H,21,22,26). The number of piperazine rings is 1. The monoisotopic (exact) mass is 380 g/mol. The number of carbonyl (C=O) groups is 1. The molecule has 1 aromatic carbocycles. The molecule has 27 heavy (non-hydrogen) atoms. The molecule has 0 radical (unpaired) electrons. The SMILES string of the molecule is Cc1cc(NC(=O)CN2CCN(CC(O)c3ccc(F)cc3F)CC2)no1. The van der Waals surface area contributed by atoms with Gasteiger partial charge in [-0.1, -0.05) is 11.2 Å². The van der Waals surface area contributed by atoms with E-state index < -0.39 is 17.7 Å². The normalized spacial score (nSPS) is 17.0. The lowest BCUT2D eigenvalue weighted by Crippen LogP contribution is -2.49. The molecule has 0 bridgehead atoms. The number of hydrogen-bond acceptors (Lipinski definition) is 6. The van der Waals surface area contributed by atoms with E-state index in [-0.39, 0.29) is 24.6 Å². The highest BCUT2D eigenvalue weighted by Crippen LogP contribution is 2.19. The number of nitrogens with zero attached hydrogens (tertiary/aromatic N) is 3. The van der Waals surface area contributed by atoms with Crippen molar-refractivity contribution in [2.24, 2.45) is 0 Å². The summed E-state index contributed by atoms with van der Waals surface area (Å²) in [6, 6.07) is 4.81. The van der Waals surface area contributed by atoms with Crippen molar-refractivity contribution >= 4 is 11.7 Å². The van der Waals surface area contributed by atoms with Crippen LogP contribution in [0.2, 0.25) is 0 Å². The number of rotatable bonds is 6. The molecule has 1 aliphatic rings. The van der Waals surface area contributed by atoms with E-state index in [9.17, 15) is 18.7 Å². The number of aromatic nitrogens is 1. The van der Waals surface area contributed by atoms with Crippen molar-refractivity contribution in [2.45, 2.75) is 13.0 Å². The van der Waals surface area contributed by atoms with Crippen molar-refractivity contribution in [3.8, 4) is 0 Å². The Balaban J connectivity index is 1.43. The fraction of sp³-hybridized carbons (Fsp3) is 0.444. The van der Waals surface area contributed by atoms with Gasteiger partial charge >= 0.3 is 0 Å². The Hall–Kier alpha value is -2.36. The maximum absolute atomic E-state index is 13.8. The zero-order valence-electron chi connectivity index (χ0n) is 15.0. The summed E-state index contributed by atoms with van der Waals surface area (Å²) in [6.45, 7) is 4.78. The van der Waals surface area contributed by atoms with Crippen LogP contribution in [0.3, 0.4) is 0 Å². The van der Waals surface area contributed by atoms with Crippen molar-refractivity contribution in [3.05, 3.63) is 47.2 Å². The number of aliphatic hydroxyl groups is 1. The zero-order chi connectivity index (χ0) is 19.4. The van der Waals surface area contributed by atoms with E-state index in [0.29, 0.717) is 37.8 Å². The minimum absolute atomic E-state index is 0.0844. The topological polar surface area (TPSA) is 81.8 Å². The van der Waals surface area contributed by atoms with Gasteiger partial charge < -0.3 is 14.9 Å². The average molecular weight is 380 g/mol. The lowest BCUT2D eigenvalue weighted by atomic mass is 10.1. The molecule has 1 unspecified atom stereocenters. The Morgan fingerprint density at radius 1 is 1.26 bits per heavy atom. The Morgan fingerprint density at radius 2 is 1.96 bits per heavy atom. The van der Waals surface area contributed by atoms with Crippen LogP contribution in [-0.4, -0.2) is 65.2 Å². The number of β-amino-alcohol motifs (C(OH)–C–C–N with tert-alkyl or cyclic N) is 1. The van der Waals surface area contributed by atoms with Gasteiger partial charge in [0.1, 0.15) is 17.4 Å². The molecular formula is C18H22F2N4O3. The molecule has 2 aromatic rings. The lowest BCUT2D eigenvalue weighted by molar-refractivity contribution is -0.117. The number of amides is 1. The number of aryl methyl sites for hydroxylation is 1. The van der Waals surface area contributed by atoms with Gasteiger partial charge in [-0.15, -0.1) is 0 Å². The Labute approximate surface area is 155 Å². The first kappa shape index (κ1) is 19.4. The first-order chi connectivity index (χ1) is 12.9. The molecule has 0 saturated carbocycles. The predicted octanol–water partition coefficient (Wildman–Crippen LogP) is 1.55. The largest absolute Gasteiger partial charge is 0.387 e. The fourth-order valence-corrected chi connectivity index (χ4v) is 3.06. The second-order valence-corrected chi connectivity index (χ2v) is 6.63. The quantitative estimate of drug-likeness (QED) is 0.792. The van der Waals surface area contributed by atoms with Crippen LogP contribution < -0.4 is 5.32 Å². The van der Waals surface area contributed by atoms with Crippen LogP contribution >= 0.6 is 0 Å². The number of carbonyl (C=O) groups excluding carboxylic acids is 1. The van der Waals surface area contributed by atoms with E-state index in [0.717, 1.165) is 12.1 Å². The van der Waals surface area contributed by atoms with Gasteiger partial charge in [-0.05, 0) is 13.0 Å². The van der Waals surface area contributed by atoms with Crippen LogP contribution in [0, 0.1) is 18.6 Å². The number of benzene rings is 1. The molecule has 1 amide bonds. The van der Waals surface area contributed by atoms with Gasteiger partial charge in [-0.3, -0.25) is 14.6 Å². The predicted molar refractivity (Wildman–Crippen MR) is 94.1 cm³/mol.